The van der Waals surface area contributed by atoms with Crippen molar-refractivity contribution in [3.63, 3.8) is 0 Å². The van der Waals surface area contributed by atoms with E-state index in [0.717, 1.165) is 17.0 Å². The van der Waals surface area contributed by atoms with E-state index in [2.05, 4.69) is 5.32 Å². The summed E-state index contributed by atoms with van der Waals surface area (Å²) in [7, 11) is 0. The summed E-state index contributed by atoms with van der Waals surface area (Å²) in [5.41, 5.74) is 8.14. The van der Waals surface area contributed by atoms with Gasteiger partial charge in [0, 0.05) is 17.8 Å². The molecule has 4 nitrogen and oxygen atoms in total. The van der Waals surface area contributed by atoms with Gasteiger partial charge >= 0.3 is 0 Å². The van der Waals surface area contributed by atoms with Crippen LogP contribution in [0.2, 0.25) is 0 Å². The van der Waals surface area contributed by atoms with Crippen molar-refractivity contribution < 1.29 is 9.53 Å². The first-order valence-corrected chi connectivity index (χ1v) is 7.02. The second kappa shape index (κ2) is 7.45. The molecule has 2 rings (SSSR count). The number of anilines is 1. The number of Topliss-reactive ketones (excluding diaryl/α,β-unsaturated/α-hetero) is 1. The van der Waals surface area contributed by atoms with E-state index < -0.39 is 0 Å². The molecule has 0 unspecified atom stereocenters. The van der Waals surface area contributed by atoms with Crippen molar-refractivity contribution in [1.29, 1.82) is 0 Å². The SMILES string of the molecule is CCOc1ccc(NCC(=O)c2ccc(CN)cc2)cc1. The summed E-state index contributed by atoms with van der Waals surface area (Å²) in [5.74, 6) is 0.874. The van der Waals surface area contributed by atoms with Crippen LogP contribution in [0.25, 0.3) is 0 Å². The summed E-state index contributed by atoms with van der Waals surface area (Å²) >= 11 is 0. The largest absolute Gasteiger partial charge is 0.494 e. The number of hydrogen-bond acceptors (Lipinski definition) is 4. The molecule has 0 saturated heterocycles. The van der Waals surface area contributed by atoms with Gasteiger partial charge < -0.3 is 15.8 Å². The second-order valence-corrected chi connectivity index (χ2v) is 4.64. The van der Waals surface area contributed by atoms with Crippen LogP contribution in [0.4, 0.5) is 5.69 Å². The molecular weight excluding hydrogens is 264 g/mol. The van der Waals surface area contributed by atoms with Crippen molar-refractivity contribution in [1.82, 2.24) is 0 Å². The van der Waals surface area contributed by atoms with Crippen LogP contribution in [-0.4, -0.2) is 18.9 Å². The fraction of sp³-hybridized carbons (Fsp3) is 0.235. The van der Waals surface area contributed by atoms with Crippen molar-refractivity contribution in [3.8, 4) is 5.75 Å². The number of nitrogens with two attached hydrogens (primary N) is 1. The first-order valence-electron chi connectivity index (χ1n) is 7.02. The third kappa shape index (κ3) is 4.33. The van der Waals surface area contributed by atoms with Crippen molar-refractivity contribution in [2.75, 3.05) is 18.5 Å². The molecule has 0 aliphatic rings. The topological polar surface area (TPSA) is 64.3 Å². The minimum Gasteiger partial charge on any atom is -0.494 e. The normalized spacial score (nSPS) is 10.2. The van der Waals surface area contributed by atoms with Gasteiger partial charge in [-0.3, -0.25) is 4.79 Å². The van der Waals surface area contributed by atoms with E-state index in [1.807, 2.05) is 55.5 Å². The number of carbonyl (C=O) groups is 1. The standard InChI is InChI=1S/C17H20N2O2/c1-2-21-16-9-7-15(8-10-16)19-12-17(20)14-5-3-13(11-18)4-6-14/h3-10,19H,2,11-12,18H2,1H3. The maximum atomic E-state index is 12.1. The second-order valence-electron chi connectivity index (χ2n) is 4.64. The average molecular weight is 284 g/mol. The lowest BCUT2D eigenvalue weighted by Crippen LogP contribution is -2.14. The van der Waals surface area contributed by atoms with Gasteiger partial charge in [0.05, 0.1) is 13.2 Å². The van der Waals surface area contributed by atoms with E-state index in [0.29, 0.717) is 18.7 Å². The molecule has 0 heterocycles. The molecule has 0 radical (unpaired) electrons. The fourth-order valence-corrected chi connectivity index (χ4v) is 1.95. The van der Waals surface area contributed by atoms with Crippen LogP contribution in [0.15, 0.2) is 48.5 Å². The average Bonchev–Trinajstić information content (AvgIpc) is 2.54. The van der Waals surface area contributed by atoms with Gasteiger partial charge in [-0.25, -0.2) is 0 Å². The molecular formula is C17H20N2O2. The van der Waals surface area contributed by atoms with Crippen LogP contribution in [0.3, 0.4) is 0 Å². The zero-order chi connectivity index (χ0) is 15.1. The van der Waals surface area contributed by atoms with Crippen molar-refractivity contribution in [2.24, 2.45) is 5.73 Å². The Morgan fingerprint density at radius 1 is 1.10 bits per heavy atom. The predicted molar refractivity (Wildman–Crippen MR) is 84.8 cm³/mol. The molecule has 0 aliphatic carbocycles. The number of rotatable bonds is 7. The van der Waals surface area contributed by atoms with Gasteiger partial charge in [-0.2, -0.15) is 0 Å². The van der Waals surface area contributed by atoms with E-state index >= 15 is 0 Å². The van der Waals surface area contributed by atoms with Gasteiger partial charge in [-0.15, -0.1) is 0 Å². The number of nitrogens with one attached hydrogen (secondary N) is 1. The van der Waals surface area contributed by atoms with Crippen molar-refractivity contribution in [2.45, 2.75) is 13.5 Å². The molecule has 21 heavy (non-hydrogen) atoms. The van der Waals surface area contributed by atoms with Gasteiger partial charge in [-0.05, 0) is 36.8 Å². The Kier molecular flexibility index (Phi) is 5.35. The highest BCUT2D eigenvalue weighted by molar-refractivity contribution is 5.99. The first-order chi connectivity index (χ1) is 10.2. The molecule has 0 aliphatic heterocycles. The molecule has 110 valence electrons. The number of hydrogen-bond donors (Lipinski definition) is 2. The molecule has 0 aromatic heterocycles. The Morgan fingerprint density at radius 3 is 2.33 bits per heavy atom. The predicted octanol–water partition coefficient (Wildman–Crippen LogP) is 2.84. The third-order valence-corrected chi connectivity index (χ3v) is 3.13. The summed E-state index contributed by atoms with van der Waals surface area (Å²) in [5, 5.41) is 3.11. The zero-order valence-corrected chi connectivity index (χ0v) is 12.1. The molecule has 0 saturated carbocycles. The Morgan fingerprint density at radius 2 is 1.76 bits per heavy atom. The monoisotopic (exact) mass is 284 g/mol. The summed E-state index contributed by atoms with van der Waals surface area (Å²) in [6, 6.07) is 14.9. The zero-order valence-electron chi connectivity index (χ0n) is 12.1. The van der Waals surface area contributed by atoms with Crippen LogP contribution < -0.4 is 15.8 Å². The Hall–Kier alpha value is -2.33. The number of ketones is 1. The Balaban J connectivity index is 1.90. The summed E-state index contributed by atoms with van der Waals surface area (Å²) < 4.78 is 5.37. The van der Waals surface area contributed by atoms with E-state index in [1.165, 1.54) is 0 Å². The minimum atomic E-state index is 0.0486. The van der Waals surface area contributed by atoms with Gasteiger partial charge in [0.15, 0.2) is 5.78 Å². The number of benzene rings is 2. The number of ether oxygens (including phenoxy) is 1. The smallest absolute Gasteiger partial charge is 0.181 e. The first kappa shape index (κ1) is 15.1. The lowest BCUT2D eigenvalue weighted by Gasteiger charge is -2.08. The van der Waals surface area contributed by atoms with Crippen LogP contribution >= 0.6 is 0 Å². The molecule has 2 aromatic rings. The van der Waals surface area contributed by atoms with Crippen LogP contribution in [0, 0.1) is 0 Å². The van der Waals surface area contributed by atoms with Gasteiger partial charge in [0.25, 0.3) is 0 Å². The van der Waals surface area contributed by atoms with Gasteiger partial charge in [-0.1, -0.05) is 24.3 Å². The Labute approximate surface area is 124 Å². The van der Waals surface area contributed by atoms with E-state index in [-0.39, 0.29) is 12.3 Å². The molecule has 0 atom stereocenters. The van der Waals surface area contributed by atoms with Crippen LogP contribution in [-0.2, 0) is 6.54 Å². The van der Waals surface area contributed by atoms with E-state index in [1.54, 1.807) is 0 Å². The molecule has 0 amide bonds. The lowest BCUT2D eigenvalue weighted by atomic mass is 10.1. The lowest BCUT2D eigenvalue weighted by molar-refractivity contribution is 0.101. The van der Waals surface area contributed by atoms with E-state index in [9.17, 15) is 4.79 Å². The van der Waals surface area contributed by atoms with Gasteiger partial charge in [0.2, 0.25) is 0 Å². The maximum absolute atomic E-state index is 12.1. The maximum Gasteiger partial charge on any atom is 0.181 e. The summed E-state index contributed by atoms with van der Waals surface area (Å²) in [6.07, 6.45) is 0. The third-order valence-electron chi connectivity index (χ3n) is 3.13. The molecule has 3 N–H and O–H groups in total. The minimum absolute atomic E-state index is 0.0486. The quantitative estimate of drug-likeness (QED) is 0.767. The highest BCUT2D eigenvalue weighted by Gasteiger charge is 2.05. The van der Waals surface area contributed by atoms with Crippen LogP contribution in [0.5, 0.6) is 5.75 Å². The highest BCUT2D eigenvalue weighted by Crippen LogP contribution is 2.15. The van der Waals surface area contributed by atoms with Gasteiger partial charge in [0.1, 0.15) is 5.75 Å². The van der Waals surface area contributed by atoms with Crippen LogP contribution in [0.1, 0.15) is 22.8 Å². The molecule has 4 heteroatoms. The van der Waals surface area contributed by atoms with E-state index in [4.69, 9.17) is 10.5 Å². The van der Waals surface area contributed by atoms with Crippen molar-refractivity contribution >= 4 is 11.5 Å². The number of carbonyl (C=O) groups excluding carboxylic acids is 1. The highest BCUT2D eigenvalue weighted by atomic mass is 16.5. The fourth-order valence-electron chi connectivity index (χ4n) is 1.95. The molecule has 0 fully saturated rings. The molecule has 0 spiro atoms. The molecule has 0 bridgehead atoms. The van der Waals surface area contributed by atoms with Crippen molar-refractivity contribution in [3.05, 3.63) is 59.7 Å². The molecule has 2 aromatic carbocycles. The Bertz CT molecular complexity index is 577. The summed E-state index contributed by atoms with van der Waals surface area (Å²) in [6.45, 7) is 3.33. The summed E-state index contributed by atoms with van der Waals surface area (Å²) in [4.78, 5) is 12.1.